The van der Waals surface area contributed by atoms with Gasteiger partial charge in [-0.25, -0.2) is 0 Å². The second kappa shape index (κ2) is 6.87. The van der Waals surface area contributed by atoms with Crippen LogP contribution in [0.2, 0.25) is 0 Å². The van der Waals surface area contributed by atoms with Gasteiger partial charge in [-0.2, -0.15) is 0 Å². The predicted octanol–water partition coefficient (Wildman–Crippen LogP) is 1.52. The van der Waals surface area contributed by atoms with E-state index < -0.39 is 0 Å². The van der Waals surface area contributed by atoms with Crippen molar-refractivity contribution in [2.75, 3.05) is 6.61 Å². The average molecular weight is 228 g/mol. The van der Waals surface area contributed by atoms with Crippen molar-refractivity contribution in [3.8, 4) is 0 Å². The first kappa shape index (κ1) is 12.5. The summed E-state index contributed by atoms with van der Waals surface area (Å²) in [4.78, 5) is 22.3. The van der Waals surface area contributed by atoms with Crippen molar-refractivity contribution in [1.29, 1.82) is 0 Å². The first-order chi connectivity index (χ1) is 7.72. The van der Waals surface area contributed by atoms with Gasteiger partial charge >= 0.3 is 5.97 Å². The minimum Gasteiger partial charge on any atom is -0.466 e. The van der Waals surface area contributed by atoms with Gasteiger partial charge < -0.3 is 14.2 Å². The molecule has 0 atom stereocenters. The third kappa shape index (κ3) is 4.82. The van der Waals surface area contributed by atoms with E-state index in [0.717, 1.165) is 0 Å². The fraction of sp³-hybridized carbons (Fsp3) is 0.636. The summed E-state index contributed by atoms with van der Waals surface area (Å²) >= 11 is 0. The molecular weight excluding hydrogens is 212 g/mol. The molecule has 5 nitrogen and oxygen atoms in total. The topological polar surface area (TPSA) is 61.8 Å². The van der Waals surface area contributed by atoms with Gasteiger partial charge in [0.25, 0.3) is 0 Å². The molecule has 1 aliphatic heterocycles. The molecule has 0 aromatic heterocycles. The van der Waals surface area contributed by atoms with Crippen LogP contribution >= 0.6 is 0 Å². The zero-order valence-electron chi connectivity index (χ0n) is 9.31. The van der Waals surface area contributed by atoms with Crippen LogP contribution in [0.3, 0.4) is 0 Å². The molecule has 16 heavy (non-hydrogen) atoms. The molecular formula is C11H16O5. The number of esters is 1. The summed E-state index contributed by atoms with van der Waals surface area (Å²) in [7, 11) is 0. The van der Waals surface area contributed by atoms with Crippen LogP contribution in [0.25, 0.3) is 0 Å². The van der Waals surface area contributed by atoms with E-state index >= 15 is 0 Å². The van der Waals surface area contributed by atoms with E-state index in [9.17, 15) is 9.59 Å². The Hall–Kier alpha value is -1.52. The Morgan fingerprint density at radius 2 is 1.88 bits per heavy atom. The third-order valence-electron chi connectivity index (χ3n) is 2.09. The Kier molecular flexibility index (Phi) is 5.39. The van der Waals surface area contributed by atoms with Gasteiger partial charge in [0, 0.05) is 19.3 Å². The van der Waals surface area contributed by atoms with Gasteiger partial charge in [-0.05, 0) is 6.92 Å². The Balaban J connectivity index is 2.04. The quantitative estimate of drug-likeness (QED) is 0.618. The molecule has 0 unspecified atom stereocenters. The summed E-state index contributed by atoms with van der Waals surface area (Å²) in [6.45, 7) is 2.09. The van der Waals surface area contributed by atoms with E-state index in [-0.39, 0.29) is 30.9 Å². The molecule has 0 radical (unpaired) electrons. The Morgan fingerprint density at radius 1 is 1.19 bits per heavy atom. The summed E-state index contributed by atoms with van der Waals surface area (Å²) < 4.78 is 14.8. The fourth-order valence-corrected chi connectivity index (χ4v) is 1.29. The van der Waals surface area contributed by atoms with Crippen molar-refractivity contribution in [1.82, 2.24) is 0 Å². The number of Topliss-reactive ketones (excluding diaryl/α,β-unsaturated/α-hetero) is 1. The molecule has 1 rings (SSSR count). The largest absolute Gasteiger partial charge is 0.466 e. The molecule has 0 spiro atoms. The van der Waals surface area contributed by atoms with E-state index in [1.807, 2.05) is 0 Å². The zero-order valence-corrected chi connectivity index (χ0v) is 9.31. The molecule has 0 bridgehead atoms. The number of rotatable bonds is 7. The van der Waals surface area contributed by atoms with Gasteiger partial charge in [0.05, 0.1) is 13.0 Å². The number of ether oxygens (including phenoxy) is 3. The highest BCUT2D eigenvalue weighted by Gasteiger charge is 2.15. The minimum atomic E-state index is -0.355. The molecule has 0 saturated carbocycles. The van der Waals surface area contributed by atoms with Crippen molar-refractivity contribution in [3.63, 3.8) is 0 Å². The fourth-order valence-electron chi connectivity index (χ4n) is 1.29. The van der Waals surface area contributed by atoms with Crippen molar-refractivity contribution >= 4 is 11.8 Å². The first-order valence-electron chi connectivity index (χ1n) is 5.35. The normalized spacial score (nSPS) is 14.3. The maximum atomic E-state index is 11.4. The highest BCUT2D eigenvalue weighted by molar-refractivity contribution is 5.82. The van der Waals surface area contributed by atoms with Gasteiger partial charge in [-0.1, -0.05) is 0 Å². The average Bonchev–Trinajstić information content (AvgIpc) is 2.77. The lowest BCUT2D eigenvalue weighted by Gasteiger charge is -2.08. The van der Waals surface area contributed by atoms with E-state index in [4.69, 9.17) is 14.2 Å². The van der Waals surface area contributed by atoms with Crippen LogP contribution in [0.4, 0.5) is 0 Å². The molecule has 0 aliphatic carbocycles. The van der Waals surface area contributed by atoms with Crippen LogP contribution in [0.1, 0.15) is 32.6 Å². The minimum absolute atomic E-state index is 0.0205. The molecule has 0 fully saturated rings. The molecule has 1 aliphatic rings. The maximum absolute atomic E-state index is 11.4. The van der Waals surface area contributed by atoms with Crippen LogP contribution in [0.5, 0.6) is 0 Å². The van der Waals surface area contributed by atoms with Crippen LogP contribution in [-0.2, 0) is 23.8 Å². The zero-order chi connectivity index (χ0) is 11.8. The van der Waals surface area contributed by atoms with Gasteiger partial charge in [0.2, 0.25) is 6.29 Å². The molecule has 0 aromatic carbocycles. The molecule has 1 heterocycles. The number of hydrogen-bond donors (Lipinski definition) is 0. The monoisotopic (exact) mass is 228 g/mol. The van der Waals surface area contributed by atoms with E-state index in [1.54, 1.807) is 6.92 Å². The molecule has 0 saturated heterocycles. The summed E-state index contributed by atoms with van der Waals surface area (Å²) in [5.74, 6) is -0.307. The number of carbonyl (C=O) groups is 2. The second-order valence-electron chi connectivity index (χ2n) is 3.36. The van der Waals surface area contributed by atoms with Crippen LogP contribution < -0.4 is 0 Å². The Labute approximate surface area is 94.4 Å². The van der Waals surface area contributed by atoms with Crippen molar-refractivity contribution in [2.24, 2.45) is 0 Å². The molecule has 0 N–H and O–H groups in total. The number of ketones is 1. The lowest BCUT2D eigenvalue weighted by molar-refractivity contribution is -0.144. The molecule has 5 heteroatoms. The lowest BCUT2D eigenvalue weighted by atomic mass is 10.1. The van der Waals surface area contributed by atoms with Crippen LogP contribution in [-0.4, -0.2) is 24.6 Å². The first-order valence-corrected chi connectivity index (χ1v) is 5.35. The SMILES string of the molecule is CCOC(=O)CCC(=O)CCC1OC=CO1. The van der Waals surface area contributed by atoms with Crippen LogP contribution in [0.15, 0.2) is 12.5 Å². The van der Waals surface area contributed by atoms with Crippen molar-refractivity contribution in [3.05, 3.63) is 12.5 Å². The van der Waals surface area contributed by atoms with E-state index in [1.165, 1.54) is 12.5 Å². The summed E-state index contributed by atoms with van der Waals surface area (Å²) in [5, 5.41) is 0. The predicted molar refractivity (Wildman–Crippen MR) is 55.2 cm³/mol. The summed E-state index contributed by atoms with van der Waals surface area (Å²) in [6.07, 6.45) is 3.78. The van der Waals surface area contributed by atoms with Gasteiger partial charge in [0.1, 0.15) is 18.3 Å². The smallest absolute Gasteiger partial charge is 0.306 e. The standard InChI is InChI=1S/C11H16O5/c1-2-14-10(13)5-3-9(12)4-6-11-15-7-8-16-11/h7-8,11H,2-6H2,1H3. The third-order valence-corrected chi connectivity index (χ3v) is 2.09. The summed E-state index contributed by atoms with van der Waals surface area (Å²) in [6, 6.07) is 0. The van der Waals surface area contributed by atoms with Crippen molar-refractivity contribution in [2.45, 2.75) is 38.9 Å². The molecule has 0 amide bonds. The van der Waals surface area contributed by atoms with Crippen LogP contribution in [0, 0.1) is 0 Å². The van der Waals surface area contributed by atoms with Gasteiger partial charge in [-0.15, -0.1) is 0 Å². The highest BCUT2D eigenvalue weighted by atomic mass is 16.7. The van der Waals surface area contributed by atoms with Crippen molar-refractivity contribution < 1.29 is 23.8 Å². The molecule has 0 aromatic rings. The maximum Gasteiger partial charge on any atom is 0.306 e. The highest BCUT2D eigenvalue weighted by Crippen LogP contribution is 2.12. The van der Waals surface area contributed by atoms with Gasteiger partial charge in [-0.3, -0.25) is 9.59 Å². The van der Waals surface area contributed by atoms with E-state index in [2.05, 4.69) is 0 Å². The number of carbonyl (C=O) groups excluding carboxylic acids is 2. The Bertz CT molecular complexity index is 264. The van der Waals surface area contributed by atoms with Gasteiger partial charge in [0.15, 0.2) is 0 Å². The molecule has 90 valence electrons. The second-order valence-corrected chi connectivity index (χ2v) is 3.36. The van der Waals surface area contributed by atoms with E-state index in [0.29, 0.717) is 19.4 Å². The Morgan fingerprint density at radius 3 is 2.50 bits per heavy atom. The lowest BCUT2D eigenvalue weighted by Crippen LogP contribution is -2.12. The number of hydrogen-bond acceptors (Lipinski definition) is 5. The summed E-state index contributed by atoms with van der Waals surface area (Å²) in [5.41, 5.74) is 0.